The highest BCUT2D eigenvalue weighted by molar-refractivity contribution is 7.09. The summed E-state index contributed by atoms with van der Waals surface area (Å²) in [6, 6.07) is -0.0546. The predicted octanol–water partition coefficient (Wildman–Crippen LogP) is 2.12. The first-order valence-corrected chi connectivity index (χ1v) is 7.72. The first-order valence-electron chi connectivity index (χ1n) is 6.85. The van der Waals surface area contributed by atoms with Crippen LogP contribution in [-0.4, -0.2) is 46.8 Å². The molecule has 1 saturated heterocycles. The minimum absolute atomic E-state index is 0.0546. The molecule has 112 valence electrons. The van der Waals surface area contributed by atoms with Crippen LogP contribution in [0.3, 0.4) is 0 Å². The third kappa shape index (κ3) is 4.01. The zero-order valence-corrected chi connectivity index (χ0v) is 13.1. The number of ether oxygens (including phenoxy) is 1. The number of aromatic nitrogens is 1. The van der Waals surface area contributed by atoms with Gasteiger partial charge in [0.05, 0.1) is 30.3 Å². The van der Waals surface area contributed by atoms with E-state index in [9.17, 15) is 4.79 Å². The van der Waals surface area contributed by atoms with Gasteiger partial charge in [0, 0.05) is 29.9 Å². The van der Waals surface area contributed by atoms with Gasteiger partial charge >= 0.3 is 5.97 Å². The minimum atomic E-state index is -0.779. The molecule has 1 fully saturated rings. The fraction of sp³-hybridized carbons (Fsp3) is 0.714. The number of carboxylic acids is 1. The maximum Gasteiger partial charge on any atom is 0.305 e. The van der Waals surface area contributed by atoms with Gasteiger partial charge in [-0.05, 0) is 0 Å². The van der Waals surface area contributed by atoms with Gasteiger partial charge in [-0.15, -0.1) is 11.3 Å². The molecule has 20 heavy (non-hydrogen) atoms. The molecule has 1 N–H and O–H groups in total. The lowest BCUT2D eigenvalue weighted by molar-refractivity contribution is -0.140. The van der Waals surface area contributed by atoms with Crippen LogP contribution in [0.15, 0.2) is 5.38 Å². The Labute approximate surface area is 123 Å². The Hall–Kier alpha value is -0.980. The lowest BCUT2D eigenvalue weighted by atomic mass is 9.98. The summed E-state index contributed by atoms with van der Waals surface area (Å²) < 4.78 is 5.39. The second-order valence-electron chi connectivity index (χ2n) is 6.19. The Morgan fingerprint density at radius 1 is 1.60 bits per heavy atom. The normalized spacial score (nSPS) is 21.1. The summed E-state index contributed by atoms with van der Waals surface area (Å²) >= 11 is 1.67. The number of carboxylic acid groups (broad SMARTS) is 1. The molecule has 1 aliphatic rings. The van der Waals surface area contributed by atoms with E-state index in [-0.39, 0.29) is 17.9 Å². The zero-order chi connectivity index (χ0) is 14.8. The number of aliphatic carboxylic acids is 1. The molecule has 0 saturated carbocycles. The van der Waals surface area contributed by atoms with Gasteiger partial charge in [-0.25, -0.2) is 4.98 Å². The van der Waals surface area contributed by atoms with Crippen LogP contribution >= 0.6 is 11.3 Å². The maximum absolute atomic E-state index is 10.9. The van der Waals surface area contributed by atoms with E-state index < -0.39 is 5.97 Å². The van der Waals surface area contributed by atoms with Crippen LogP contribution in [0.4, 0.5) is 0 Å². The molecule has 5 nitrogen and oxygen atoms in total. The highest BCUT2D eigenvalue weighted by atomic mass is 32.1. The summed E-state index contributed by atoms with van der Waals surface area (Å²) in [5.41, 5.74) is 1.09. The van der Waals surface area contributed by atoms with Crippen molar-refractivity contribution in [1.29, 1.82) is 0 Å². The van der Waals surface area contributed by atoms with Gasteiger partial charge in [-0.1, -0.05) is 20.8 Å². The Morgan fingerprint density at radius 3 is 2.95 bits per heavy atom. The van der Waals surface area contributed by atoms with E-state index in [1.54, 1.807) is 11.3 Å². The molecule has 6 heteroatoms. The molecule has 1 aromatic heterocycles. The quantitative estimate of drug-likeness (QED) is 0.922. The van der Waals surface area contributed by atoms with Gasteiger partial charge in [-0.3, -0.25) is 9.69 Å². The van der Waals surface area contributed by atoms with Crippen LogP contribution < -0.4 is 0 Å². The number of carbonyl (C=O) groups is 1. The second-order valence-corrected chi connectivity index (χ2v) is 7.05. The second kappa shape index (κ2) is 6.20. The van der Waals surface area contributed by atoms with E-state index in [0.29, 0.717) is 19.8 Å². The summed E-state index contributed by atoms with van der Waals surface area (Å²) in [4.78, 5) is 17.7. The maximum atomic E-state index is 10.9. The van der Waals surface area contributed by atoms with E-state index in [1.165, 1.54) is 0 Å². The van der Waals surface area contributed by atoms with Crippen molar-refractivity contribution in [2.24, 2.45) is 0 Å². The Balaban J connectivity index is 2.03. The summed E-state index contributed by atoms with van der Waals surface area (Å²) in [6.07, 6.45) is 0.121. The molecule has 0 amide bonds. The van der Waals surface area contributed by atoms with Crippen molar-refractivity contribution >= 4 is 17.3 Å². The first kappa shape index (κ1) is 15.4. The van der Waals surface area contributed by atoms with Crippen LogP contribution in [-0.2, 0) is 21.5 Å². The van der Waals surface area contributed by atoms with Crippen molar-refractivity contribution in [2.45, 2.75) is 45.2 Å². The summed E-state index contributed by atoms with van der Waals surface area (Å²) in [6.45, 7) is 9.07. The zero-order valence-electron chi connectivity index (χ0n) is 12.3. The van der Waals surface area contributed by atoms with Crippen molar-refractivity contribution in [1.82, 2.24) is 9.88 Å². The Morgan fingerprint density at radius 2 is 2.35 bits per heavy atom. The summed E-state index contributed by atoms with van der Waals surface area (Å²) in [7, 11) is 0. The van der Waals surface area contributed by atoms with E-state index in [0.717, 1.165) is 17.2 Å². The van der Waals surface area contributed by atoms with Crippen LogP contribution in [0.5, 0.6) is 0 Å². The van der Waals surface area contributed by atoms with Crippen molar-refractivity contribution < 1.29 is 14.6 Å². The smallest absolute Gasteiger partial charge is 0.305 e. The van der Waals surface area contributed by atoms with Gasteiger partial charge in [0.1, 0.15) is 0 Å². The van der Waals surface area contributed by atoms with Crippen molar-refractivity contribution in [3.8, 4) is 0 Å². The van der Waals surface area contributed by atoms with Crippen LogP contribution in [0.1, 0.15) is 37.9 Å². The number of thiazole rings is 1. The molecule has 0 spiro atoms. The third-order valence-electron chi connectivity index (χ3n) is 3.32. The lowest BCUT2D eigenvalue weighted by Gasteiger charge is -2.34. The first-order chi connectivity index (χ1) is 9.36. The molecule has 2 rings (SSSR count). The van der Waals surface area contributed by atoms with Crippen molar-refractivity contribution in [3.05, 3.63) is 16.1 Å². The van der Waals surface area contributed by atoms with Crippen LogP contribution in [0, 0.1) is 0 Å². The standard InChI is InChI=1S/C14H22N2O3S/c1-14(2,3)13-15-10(9-20-13)7-16-4-5-19-8-11(16)6-12(17)18/h9,11H,4-8H2,1-3H3,(H,17,18). The monoisotopic (exact) mass is 298 g/mol. The van der Waals surface area contributed by atoms with Crippen LogP contribution in [0.2, 0.25) is 0 Å². The van der Waals surface area contributed by atoms with E-state index in [1.807, 2.05) is 0 Å². The molecule has 2 heterocycles. The Bertz CT molecular complexity index is 467. The molecule has 1 aliphatic heterocycles. The molecular weight excluding hydrogens is 276 g/mol. The molecule has 0 aliphatic carbocycles. The average molecular weight is 298 g/mol. The van der Waals surface area contributed by atoms with Gasteiger partial charge in [0.2, 0.25) is 0 Å². The summed E-state index contributed by atoms with van der Waals surface area (Å²) in [5, 5.41) is 12.2. The highest BCUT2D eigenvalue weighted by Crippen LogP contribution is 2.26. The highest BCUT2D eigenvalue weighted by Gasteiger charge is 2.26. The van der Waals surface area contributed by atoms with Gasteiger partial charge in [0.15, 0.2) is 0 Å². The topological polar surface area (TPSA) is 62.7 Å². The number of morpholine rings is 1. The van der Waals surface area contributed by atoms with E-state index in [2.05, 4.69) is 36.0 Å². The average Bonchev–Trinajstić information content (AvgIpc) is 2.79. The molecule has 0 radical (unpaired) electrons. The van der Waals surface area contributed by atoms with Crippen molar-refractivity contribution in [3.63, 3.8) is 0 Å². The number of rotatable bonds is 4. The number of hydrogen-bond acceptors (Lipinski definition) is 5. The van der Waals surface area contributed by atoms with E-state index >= 15 is 0 Å². The van der Waals surface area contributed by atoms with Gasteiger partial charge in [-0.2, -0.15) is 0 Å². The number of nitrogens with zero attached hydrogens (tertiary/aromatic N) is 2. The number of hydrogen-bond donors (Lipinski definition) is 1. The van der Waals surface area contributed by atoms with Crippen LogP contribution in [0.25, 0.3) is 0 Å². The fourth-order valence-corrected chi connectivity index (χ4v) is 3.12. The molecular formula is C14H22N2O3S. The predicted molar refractivity (Wildman–Crippen MR) is 78.1 cm³/mol. The van der Waals surface area contributed by atoms with Gasteiger partial charge < -0.3 is 9.84 Å². The molecule has 1 atom stereocenters. The SMILES string of the molecule is CC(C)(C)c1nc(CN2CCOCC2CC(=O)O)cs1. The Kier molecular flexibility index (Phi) is 4.78. The lowest BCUT2D eigenvalue weighted by Crippen LogP contribution is -2.45. The minimum Gasteiger partial charge on any atom is -0.481 e. The fourth-order valence-electron chi connectivity index (χ4n) is 2.22. The third-order valence-corrected chi connectivity index (χ3v) is 4.63. The van der Waals surface area contributed by atoms with Gasteiger partial charge in [0.25, 0.3) is 0 Å². The largest absolute Gasteiger partial charge is 0.481 e. The van der Waals surface area contributed by atoms with Crippen molar-refractivity contribution in [2.75, 3.05) is 19.8 Å². The molecule has 0 aromatic carbocycles. The summed E-state index contributed by atoms with van der Waals surface area (Å²) in [5.74, 6) is -0.779. The molecule has 1 aromatic rings. The molecule has 0 bridgehead atoms. The van der Waals surface area contributed by atoms with E-state index in [4.69, 9.17) is 9.84 Å². The molecule has 1 unspecified atom stereocenters.